The summed E-state index contributed by atoms with van der Waals surface area (Å²) in [6.07, 6.45) is 0.952. The van der Waals surface area contributed by atoms with Crippen LogP contribution in [-0.2, 0) is 0 Å². The van der Waals surface area contributed by atoms with Gasteiger partial charge in [-0.3, -0.25) is 4.79 Å². The van der Waals surface area contributed by atoms with Gasteiger partial charge in [0, 0.05) is 24.7 Å². The maximum absolute atomic E-state index is 13.2. The Hall–Kier alpha value is -1.13. The zero-order valence-electron chi connectivity index (χ0n) is 11.8. The Morgan fingerprint density at radius 3 is 2.85 bits per heavy atom. The fraction of sp³-hybridized carbons (Fsp3) is 0.533. The number of amides is 1. The Labute approximate surface area is 124 Å². The SMILES string of the molecule is CC(C)CN(C(=O)c1ccc(F)c(Cl)c1)C1CCNC1. The third-order valence-electron chi connectivity index (χ3n) is 3.46. The number of nitrogens with one attached hydrogen (secondary N) is 1. The minimum absolute atomic E-state index is 0.00936. The second kappa shape index (κ2) is 6.55. The normalized spacial score (nSPS) is 18.6. The summed E-state index contributed by atoms with van der Waals surface area (Å²) in [6.45, 7) is 6.60. The lowest BCUT2D eigenvalue weighted by Crippen LogP contribution is -2.43. The van der Waals surface area contributed by atoms with Crippen molar-refractivity contribution in [1.82, 2.24) is 10.2 Å². The summed E-state index contributed by atoms with van der Waals surface area (Å²) in [6, 6.07) is 4.36. The topological polar surface area (TPSA) is 32.3 Å². The number of carbonyl (C=O) groups excluding carboxylic acids is 1. The molecule has 0 aromatic heterocycles. The molecule has 1 saturated heterocycles. The molecule has 1 aromatic carbocycles. The van der Waals surface area contributed by atoms with Crippen LogP contribution in [0.25, 0.3) is 0 Å². The molecule has 110 valence electrons. The standard InChI is InChI=1S/C15H20ClFN2O/c1-10(2)9-19(12-5-6-18-8-12)15(20)11-3-4-14(17)13(16)7-11/h3-4,7,10,12,18H,5-6,8-9H2,1-2H3. The van der Waals surface area contributed by atoms with Gasteiger partial charge in [0.15, 0.2) is 0 Å². The summed E-state index contributed by atoms with van der Waals surface area (Å²) in [7, 11) is 0. The first-order chi connectivity index (χ1) is 9.49. The molecule has 1 aliphatic heterocycles. The van der Waals surface area contributed by atoms with Gasteiger partial charge < -0.3 is 10.2 Å². The second-order valence-electron chi connectivity index (χ2n) is 5.63. The fourth-order valence-corrected chi connectivity index (χ4v) is 2.67. The first-order valence-corrected chi connectivity index (χ1v) is 7.33. The van der Waals surface area contributed by atoms with Crippen LogP contribution in [0.1, 0.15) is 30.6 Å². The van der Waals surface area contributed by atoms with Gasteiger partial charge in [0.25, 0.3) is 5.91 Å². The molecule has 0 radical (unpaired) electrons. The lowest BCUT2D eigenvalue weighted by Gasteiger charge is -2.30. The number of nitrogens with zero attached hydrogens (tertiary/aromatic N) is 1. The van der Waals surface area contributed by atoms with Gasteiger partial charge in [-0.25, -0.2) is 4.39 Å². The molecule has 1 unspecified atom stereocenters. The van der Waals surface area contributed by atoms with Gasteiger partial charge >= 0.3 is 0 Å². The van der Waals surface area contributed by atoms with Gasteiger partial charge in [0.2, 0.25) is 0 Å². The molecule has 1 amide bonds. The van der Waals surface area contributed by atoms with E-state index in [0.29, 0.717) is 18.0 Å². The van der Waals surface area contributed by atoms with Crippen molar-refractivity contribution in [3.8, 4) is 0 Å². The summed E-state index contributed by atoms with van der Waals surface area (Å²) in [4.78, 5) is 14.5. The predicted molar refractivity (Wildman–Crippen MR) is 78.6 cm³/mol. The molecule has 1 heterocycles. The van der Waals surface area contributed by atoms with Crippen molar-refractivity contribution < 1.29 is 9.18 Å². The van der Waals surface area contributed by atoms with Crippen molar-refractivity contribution in [2.75, 3.05) is 19.6 Å². The summed E-state index contributed by atoms with van der Waals surface area (Å²) < 4.78 is 13.2. The van der Waals surface area contributed by atoms with Crippen LogP contribution in [0.3, 0.4) is 0 Å². The molecule has 0 aliphatic carbocycles. The maximum atomic E-state index is 13.2. The van der Waals surface area contributed by atoms with Crippen LogP contribution in [0.4, 0.5) is 4.39 Å². The molecule has 1 aliphatic rings. The fourth-order valence-electron chi connectivity index (χ4n) is 2.49. The monoisotopic (exact) mass is 298 g/mol. The summed E-state index contributed by atoms with van der Waals surface area (Å²) in [5.74, 6) is -0.189. The van der Waals surface area contributed by atoms with E-state index in [4.69, 9.17) is 11.6 Å². The van der Waals surface area contributed by atoms with Crippen molar-refractivity contribution in [1.29, 1.82) is 0 Å². The summed E-state index contributed by atoms with van der Waals surface area (Å²) in [5, 5.41) is 3.26. The maximum Gasteiger partial charge on any atom is 0.254 e. The molecule has 2 rings (SSSR count). The lowest BCUT2D eigenvalue weighted by atomic mass is 10.1. The lowest BCUT2D eigenvalue weighted by molar-refractivity contribution is 0.0667. The zero-order chi connectivity index (χ0) is 14.7. The average molecular weight is 299 g/mol. The highest BCUT2D eigenvalue weighted by Crippen LogP contribution is 2.20. The highest BCUT2D eigenvalue weighted by Gasteiger charge is 2.28. The molecule has 0 saturated carbocycles. The molecule has 1 aromatic rings. The van der Waals surface area contributed by atoms with Crippen LogP contribution in [0.5, 0.6) is 0 Å². The van der Waals surface area contributed by atoms with Gasteiger partial charge in [-0.15, -0.1) is 0 Å². The van der Waals surface area contributed by atoms with Crippen LogP contribution in [0.15, 0.2) is 18.2 Å². The van der Waals surface area contributed by atoms with Crippen molar-refractivity contribution >= 4 is 17.5 Å². The Balaban J connectivity index is 2.22. The van der Waals surface area contributed by atoms with Crippen molar-refractivity contribution in [2.45, 2.75) is 26.3 Å². The molecule has 0 bridgehead atoms. The first kappa shape index (κ1) is 15.3. The highest BCUT2D eigenvalue weighted by atomic mass is 35.5. The molecule has 1 atom stereocenters. The molecule has 1 N–H and O–H groups in total. The first-order valence-electron chi connectivity index (χ1n) is 6.95. The molecule has 1 fully saturated rings. The van der Waals surface area contributed by atoms with Gasteiger partial charge in [0.05, 0.1) is 5.02 Å². The number of carbonyl (C=O) groups is 1. The van der Waals surface area contributed by atoms with Crippen LogP contribution >= 0.6 is 11.6 Å². The van der Waals surface area contributed by atoms with Crippen LogP contribution in [-0.4, -0.2) is 36.5 Å². The number of benzene rings is 1. The Morgan fingerprint density at radius 1 is 1.55 bits per heavy atom. The largest absolute Gasteiger partial charge is 0.334 e. The number of rotatable bonds is 4. The molecule has 0 spiro atoms. The van der Waals surface area contributed by atoms with E-state index in [9.17, 15) is 9.18 Å². The number of hydrogen-bond donors (Lipinski definition) is 1. The number of hydrogen-bond acceptors (Lipinski definition) is 2. The molecule has 20 heavy (non-hydrogen) atoms. The number of halogens is 2. The van der Waals surface area contributed by atoms with Crippen LogP contribution in [0.2, 0.25) is 5.02 Å². The summed E-state index contributed by atoms with van der Waals surface area (Å²) >= 11 is 5.77. The summed E-state index contributed by atoms with van der Waals surface area (Å²) in [5.41, 5.74) is 0.448. The van der Waals surface area contributed by atoms with Gasteiger partial charge in [-0.1, -0.05) is 25.4 Å². The minimum atomic E-state index is -0.499. The highest BCUT2D eigenvalue weighted by molar-refractivity contribution is 6.31. The van der Waals surface area contributed by atoms with E-state index in [-0.39, 0.29) is 17.0 Å². The predicted octanol–water partition coefficient (Wildman–Crippen LogP) is 2.94. The zero-order valence-corrected chi connectivity index (χ0v) is 12.6. The Bertz CT molecular complexity index is 487. The van der Waals surface area contributed by atoms with E-state index in [2.05, 4.69) is 19.2 Å². The average Bonchev–Trinajstić information content (AvgIpc) is 2.92. The third kappa shape index (κ3) is 3.49. The van der Waals surface area contributed by atoms with E-state index in [1.807, 2.05) is 4.90 Å². The molecule has 3 nitrogen and oxygen atoms in total. The molecular weight excluding hydrogens is 279 g/mol. The Morgan fingerprint density at radius 2 is 2.30 bits per heavy atom. The van der Waals surface area contributed by atoms with E-state index < -0.39 is 5.82 Å². The van der Waals surface area contributed by atoms with Crippen molar-refractivity contribution in [2.24, 2.45) is 5.92 Å². The smallest absolute Gasteiger partial charge is 0.254 e. The van der Waals surface area contributed by atoms with E-state index in [1.54, 1.807) is 0 Å². The minimum Gasteiger partial charge on any atom is -0.334 e. The van der Waals surface area contributed by atoms with E-state index >= 15 is 0 Å². The molecule has 5 heteroatoms. The molecular formula is C15H20ClFN2O. The second-order valence-corrected chi connectivity index (χ2v) is 6.03. The van der Waals surface area contributed by atoms with Crippen LogP contribution < -0.4 is 5.32 Å². The van der Waals surface area contributed by atoms with Crippen molar-refractivity contribution in [3.05, 3.63) is 34.6 Å². The van der Waals surface area contributed by atoms with Gasteiger partial charge in [-0.2, -0.15) is 0 Å². The van der Waals surface area contributed by atoms with Gasteiger partial charge in [0.1, 0.15) is 5.82 Å². The third-order valence-corrected chi connectivity index (χ3v) is 3.75. The van der Waals surface area contributed by atoms with E-state index in [1.165, 1.54) is 18.2 Å². The quantitative estimate of drug-likeness (QED) is 0.927. The van der Waals surface area contributed by atoms with Crippen molar-refractivity contribution in [3.63, 3.8) is 0 Å². The van der Waals surface area contributed by atoms with Gasteiger partial charge in [-0.05, 0) is 37.1 Å². The van der Waals surface area contributed by atoms with Crippen LogP contribution in [0, 0.1) is 11.7 Å². The Kier molecular flexibility index (Phi) is 5.00. The van der Waals surface area contributed by atoms with E-state index in [0.717, 1.165) is 19.5 Å².